The molecule has 0 saturated heterocycles. The Kier molecular flexibility index (Phi) is 8.50. The molecule has 1 aromatic heterocycles. The Morgan fingerprint density at radius 1 is 0.941 bits per heavy atom. The van der Waals surface area contributed by atoms with Gasteiger partial charge in [-0.15, -0.1) is 23.7 Å². The normalized spacial score (nSPS) is 21.1. The van der Waals surface area contributed by atoms with Crippen LogP contribution in [0.5, 0.6) is 0 Å². The number of thiophene rings is 1. The van der Waals surface area contributed by atoms with Crippen LogP contribution in [0.15, 0.2) is 80.0 Å². The van der Waals surface area contributed by atoms with Gasteiger partial charge in [0.05, 0.1) is 4.90 Å². The summed E-state index contributed by atoms with van der Waals surface area (Å²) in [5, 5.41) is 0.655. The average molecular weight is 562 g/mol. The number of hydrogen-bond donors (Lipinski definition) is 2. The minimum Gasteiger partial charge on any atom is -0.330 e. The first-order valence-electron chi connectivity index (χ1n) is 10.5. The van der Waals surface area contributed by atoms with Crippen molar-refractivity contribution in [1.29, 1.82) is 0 Å². The summed E-state index contributed by atoms with van der Waals surface area (Å²) in [6.45, 7) is 0.457. The lowest BCUT2D eigenvalue weighted by molar-refractivity contribution is 0.267. The lowest BCUT2D eigenvalue weighted by Gasteiger charge is -2.40. The molecule has 1 saturated carbocycles. The third kappa shape index (κ3) is 5.51. The molecule has 1 aliphatic carbocycles. The zero-order chi connectivity index (χ0) is 23.7. The minimum absolute atomic E-state index is 0. The van der Waals surface area contributed by atoms with Gasteiger partial charge in [0.25, 0.3) is 0 Å². The van der Waals surface area contributed by atoms with Crippen molar-refractivity contribution in [3.8, 4) is 0 Å². The second kappa shape index (κ2) is 10.7. The highest BCUT2D eigenvalue weighted by Gasteiger charge is 2.37. The molecule has 3 N–H and O–H groups in total. The van der Waals surface area contributed by atoms with Gasteiger partial charge in [-0.05, 0) is 67.6 Å². The Labute approximate surface area is 215 Å². The van der Waals surface area contributed by atoms with Gasteiger partial charge in [0, 0.05) is 23.0 Å². The summed E-state index contributed by atoms with van der Waals surface area (Å²) in [4.78, 5) is 0.134. The van der Waals surface area contributed by atoms with Gasteiger partial charge in [-0.2, -0.15) is 0 Å². The maximum Gasteiger partial charge on any atom is 0.250 e. The monoisotopic (exact) mass is 560 g/mol. The Morgan fingerprint density at radius 3 is 2.21 bits per heavy atom. The number of sulfonamides is 1. The number of rotatable bonds is 7. The highest BCUT2D eigenvalue weighted by molar-refractivity contribution is 7.95. The van der Waals surface area contributed by atoms with E-state index in [4.69, 9.17) is 17.3 Å². The van der Waals surface area contributed by atoms with Gasteiger partial charge in [-0.25, -0.2) is 21.6 Å². The van der Waals surface area contributed by atoms with E-state index in [0.717, 1.165) is 29.7 Å². The summed E-state index contributed by atoms with van der Waals surface area (Å²) in [5.74, 6) is 0. The van der Waals surface area contributed by atoms with Gasteiger partial charge in [0.2, 0.25) is 19.9 Å². The van der Waals surface area contributed by atoms with Crippen LogP contribution in [-0.4, -0.2) is 29.4 Å². The Bertz CT molecular complexity index is 1340. The number of nitrogens with two attached hydrogens (primary N) is 1. The van der Waals surface area contributed by atoms with Crippen molar-refractivity contribution in [3.63, 3.8) is 0 Å². The summed E-state index contributed by atoms with van der Waals surface area (Å²) in [7, 11) is -7.61. The lowest BCUT2D eigenvalue weighted by atomic mass is 9.68. The van der Waals surface area contributed by atoms with Gasteiger partial charge >= 0.3 is 0 Å². The first-order chi connectivity index (χ1) is 15.7. The fourth-order valence-electron chi connectivity index (χ4n) is 4.30. The van der Waals surface area contributed by atoms with Gasteiger partial charge in [0.15, 0.2) is 0 Å². The van der Waals surface area contributed by atoms with Crippen molar-refractivity contribution >= 4 is 55.2 Å². The van der Waals surface area contributed by atoms with Crippen molar-refractivity contribution in [2.45, 2.75) is 50.5 Å². The second-order valence-corrected chi connectivity index (χ2v) is 13.9. The fourth-order valence-corrected chi connectivity index (χ4v) is 9.00. The fraction of sp³-hybridized carbons (Fsp3) is 0.304. The molecule has 1 heterocycles. The largest absolute Gasteiger partial charge is 0.330 e. The third-order valence-corrected chi connectivity index (χ3v) is 11.8. The molecule has 0 unspecified atom stereocenters. The number of sulfone groups is 1. The SMILES string of the molecule is Cl.NC[C@]1(c2cccc(Cl)c2)CC[C@@H](NS(=O)(=O)c2ccc(S(=O)(=O)c3ccccc3)s2)CC1. The van der Waals surface area contributed by atoms with Crippen molar-refractivity contribution in [1.82, 2.24) is 4.72 Å². The van der Waals surface area contributed by atoms with E-state index in [-0.39, 0.29) is 37.2 Å². The van der Waals surface area contributed by atoms with E-state index in [1.54, 1.807) is 18.2 Å². The first-order valence-corrected chi connectivity index (χ1v) is 14.7. The van der Waals surface area contributed by atoms with Crippen molar-refractivity contribution in [2.75, 3.05) is 6.54 Å². The van der Waals surface area contributed by atoms with Gasteiger partial charge in [-0.3, -0.25) is 0 Å². The van der Waals surface area contributed by atoms with E-state index in [1.807, 2.05) is 24.3 Å². The summed E-state index contributed by atoms with van der Waals surface area (Å²) >= 11 is 6.93. The van der Waals surface area contributed by atoms with Crippen molar-refractivity contribution in [2.24, 2.45) is 5.73 Å². The molecule has 0 aliphatic heterocycles. The topological polar surface area (TPSA) is 106 Å². The average Bonchev–Trinajstić information content (AvgIpc) is 3.33. The molecule has 0 radical (unpaired) electrons. The minimum atomic E-state index is -3.85. The smallest absolute Gasteiger partial charge is 0.250 e. The van der Waals surface area contributed by atoms with E-state index in [2.05, 4.69) is 4.72 Å². The molecule has 2 aromatic carbocycles. The highest BCUT2D eigenvalue weighted by atomic mass is 35.5. The molecule has 11 heteroatoms. The van der Waals surface area contributed by atoms with E-state index in [1.165, 1.54) is 24.3 Å². The summed E-state index contributed by atoms with van der Waals surface area (Å²) < 4.78 is 54.3. The van der Waals surface area contributed by atoms with Crippen LogP contribution in [-0.2, 0) is 25.3 Å². The van der Waals surface area contributed by atoms with Crippen LogP contribution in [0.3, 0.4) is 0 Å². The summed E-state index contributed by atoms with van der Waals surface area (Å²) in [6, 6.07) is 18.1. The molecule has 3 aromatic rings. The lowest BCUT2D eigenvalue weighted by Crippen LogP contribution is -2.45. The molecule has 0 amide bonds. The predicted molar refractivity (Wildman–Crippen MR) is 138 cm³/mol. The molecule has 1 aliphatic rings. The van der Waals surface area contributed by atoms with Crippen LogP contribution in [0.1, 0.15) is 31.2 Å². The summed E-state index contributed by atoms with van der Waals surface area (Å²) in [6.07, 6.45) is 2.72. The van der Waals surface area contributed by atoms with Gasteiger partial charge in [0.1, 0.15) is 8.42 Å². The van der Waals surface area contributed by atoms with Gasteiger partial charge in [-0.1, -0.05) is 41.9 Å². The maximum absolute atomic E-state index is 13.0. The van der Waals surface area contributed by atoms with Crippen molar-refractivity contribution < 1.29 is 16.8 Å². The zero-order valence-corrected chi connectivity index (χ0v) is 22.2. The molecule has 184 valence electrons. The van der Waals surface area contributed by atoms with E-state index in [9.17, 15) is 16.8 Å². The molecule has 6 nitrogen and oxygen atoms in total. The standard InChI is InChI=1S/C23H25ClN2O4S3.ClH/c24-18-6-4-5-17(15-18)23(16-25)13-11-19(12-14-23)26-33(29,30)22-10-9-21(31-22)32(27,28)20-7-2-1-3-8-20;/h1-10,15,19,26H,11-14,16,25H2;1H/t19-,23+;. The molecule has 34 heavy (non-hydrogen) atoms. The first kappa shape index (κ1) is 27.1. The van der Waals surface area contributed by atoms with Crippen LogP contribution in [0, 0.1) is 0 Å². The Balaban J connectivity index is 0.00000324. The highest BCUT2D eigenvalue weighted by Crippen LogP contribution is 2.40. The molecule has 1 fully saturated rings. The summed E-state index contributed by atoms with van der Waals surface area (Å²) in [5.41, 5.74) is 6.99. The molecular weight excluding hydrogens is 535 g/mol. The van der Waals surface area contributed by atoms with E-state index < -0.39 is 19.9 Å². The van der Waals surface area contributed by atoms with Crippen LogP contribution < -0.4 is 10.5 Å². The number of hydrogen-bond acceptors (Lipinski definition) is 6. The third-order valence-electron chi connectivity index (χ3n) is 6.23. The Hall–Kier alpha value is -1.46. The number of halogens is 2. The Morgan fingerprint density at radius 2 is 1.59 bits per heavy atom. The second-order valence-electron chi connectivity index (χ2n) is 8.28. The molecule has 4 rings (SSSR count). The van der Waals surface area contributed by atoms with Crippen LogP contribution in [0.25, 0.3) is 0 Å². The molecule has 0 bridgehead atoms. The quantitative estimate of drug-likeness (QED) is 0.432. The van der Waals surface area contributed by atoms with Crippen LogP contribution in [0.2, 0.25) is 5.02 Å². The van der Waals surface area contributed by atoms with E-state index in [0.29, 0.717) is 24.4 Å². The number of nitrogens with one attached hydrogen (secondary N) is 1. The predicted octanol–water partition coefficient (Wildman–Crippen LogP) is 4.77. The van der Waals surface area contributed by atoms with Crippen LogP contribution >= 0.6 is 35.3 Å². The molecule has 0 atom stereocenters. The number of benzene rings is 2. The van der Waals surface area contributed by atoms with Gasteiger partial charge < -0.3 is 5.73 Å². The zero-order valence-electron chi connectivity index (χ0n) is 18.2. The van der Waals surface area contributed by atoms with Crippen molar-refractivity contribution in [3.05, 3.63) is 77.3 Å². The maximum atomic E-state index is 13.0. The molecule has 0 spiro atoms. The van der Waals surface area contributed by atoms with Crippen LogP contribution in [0.4, 0.5) is 0 Å². The molecular formula is C23H26Cl2N2O4S3. The van der Waals surface area contributed by atoms with E-state index >= 15 is 0 Å².